The van der Waals surface area contributed by atoms with Crippen LogP contribution in [0.3, 0.4) is 0 Å². The van der Waals surface area contributed by atoms with Crippen LogP contribution in [0, 0.1) is 10.1 Å². The van der Waals surface area contributed by atoms with Crippen LogP contribution in [0.5, 0.6) is 0 Å². The number of nitrogens with zero attached hydrogens (tertiary/aromatic N) is 1. The Balaban J connectivity index is 3.12. The predicted octanol–water partition coefficient (Wildman–Crippen LogP) is 1.29. The Kier molecular flexibility index (Phi) is 3.80. The van der Waals surface area contributed by atoms with Crippen LogP contribution in [-0.2, 0) is 10.2 Å². The van der Waals surface area contributed by atoms with E-state index in [1.807, 2.05) is 0 Å². The minimum absolute atomic E-state index is 0.0609. The number of carboxylic acid groups (broad SMARTS) is 1. The maximum atomic E-state index is 11.2. The zero-order valence-corrected chi connectivity index (χ0v) is 9.42. The minimum atomic E-state index is -1.11. The molecule has 0 aliphatic heterocycles. The van der Waals surface area contributed by atoms with Crippen molar-refractivity contribution in [3.8, 4) is 0 Å². The average molecular weight is 238 g/mol. The van der Waals surface area contributed by atoms with Crippen molar-refractivity contribution in [2.24, 2.45) is 5.73 Å². The van der Waals surface area contributed by atoms with Crippen LogP contribution in [0.2, 0.25) is 0 Å². The first-order valence-electron chi connectivity index (χ1n) is 5.10. The highest BCUT2D eigenvalue weighted by molar-refractivity contribution is 5.80. The molecule has 0 aliphatic carbocycles. The summed E-state index contributed by atoms with van der Waals surface area (Å²) in [5.41, 5.74) is 4.74. The Morgan fingerprint density at radius 1 is 1.47 bits per heavy atom. The standard InChI is InChI=1S/C11H14N2O4/c1-11(6-7-12,10(14)15)8-2-4-9(5-3-8)13(16)17/h2-5H,6-7,12H2,1H3,(H,14,15). The highest BCUT2D eigenvalue weighted by atomic mass is 16.6. The molecule has 0 saturated carbocycles. The van der Waals surface area contributed by atoms with Gasteiger partial charge >= 0.3 is 5.97 Å². The number of aliphatic carboxylic acids is 1. The fraction of sp³-hybridized carbons (Fsp3) is 0.364. The first kappa shape index (κ1) is 13.1. The van der Waals surface area contributed by atoms with Gasteiger partial charge in [0.1, 0.15) is 0 Å². The van der Waals surface area contributed by atoms with Gasteiger partial charge in [0, 0.05) is 12.1 Å². The van der Waals surface area contributed by atoms with E-state index in [2.05, 4.69) is 0 Å². The molecule has 6 nitrogen and oxygen atoms in total. The first-order chi connectivity index (χ1) is 7.91. The molecule has 92 valence electrons. The fourth-order valence-corrected chi connectivity index (χ4v) is 1.61. The smallest absolute Gasteiger partial charge is 0.313 e. The number of nitrogens with two attached hydrogens (primary N) is 1. The van der Waals surface area contributed by atoms with Gasteiger partial charge in [0.25, 0.3) is 5.69 Å². The number of nitro groups is 1. The molecule has 0 amide bonds. The third-order valence-corrected chi connectivity index (χ3v) is 2.83. The number of rotatable bonds is 5. The summed E-state index contributed by atoms with van der Waals surface area (Å²) in [6, 6.07) is 5.52. The summed E-state index contributed by atoms with van der Waals surface area (Å²) in [4.78, 5) is 21.2. The summed E-state index contributed by atoms with van der Waals surface area (Å²) in [5.74, 6) is -0.989. The number of nitro benzene ring substituents is 1. The van der Waals surface area contributed by atoms with Crippen LogP contribution in [0.25, 0.3) is 0 Å². The Hall–Kier alpha value is -1.95. The lowest BCUT2D eigenvalue weighted by Gasteiger charge is -2.24. The van der Waals surface area contributed by atoms with E-state index < -0.39 is 16.3 Å². The first-order valence-corrected chi connectivity index (χ1v) is 5.10. The number of carboxylic acids is 1. The zero-order valence-electron chi connectivity index (χ0n) is 9.42. The third-order valence-electron chi connectivity index (χ3n) is 2.83. The minimum Gasteiger partial charge on any atom is -0.481 e. The molecule has 0 heterocycles. The molecule has 0 aliphatic rings. The number of benzene rings is 1. The van der Waals surface area contributed by atoms with Crippen molar-refractivity contribution in [2.75, 3.05) is 6.54 Å². The van der Waals surface area contributed by atoms with Crippen LogP contribution in [0.4, 0.5) is 5.69 Å². The SMILES string of the molecule is CC(CCN)(C(=O)O)c1ccc([N+](=O)[O-])cc1. The normalized spacial score (nSPS) is 14.0. The van der Waals surface area contributed by atoms with Gasteiger partial charge in [-0.25, -0.2) is 0 Å². The molecule has 0 fully saturated rings. The second-order valence-corrected chi connectivity index (χ2v) is 3.98. The highest BCUT2D eigenvalue weighted by Crippen LogP contribution is 2.28. The van der Waals surface area contributed by atoms with E-state index >= 15 is 0 Å². The Morgan fingerprint density at radius 2 is 2.00 bits per heavy atom. The quantitative estimate of drug-likeness (QED) is 0.593. The monoisotopic (exact) mass is 238 g/mol. The van der Waals surface area contributed by atoms with Crippen molar-refractivity contribution in [1.29, 1.82) is 0 Å². The van der Waals surface area contributed by atoms with E-state index in [-0.39, 0.29) is 18.7 Å². The van der Waals surface area contributed by atoms with Gasteiger partial charge in [0.15, 0.2) is 0 Å². The molecular formula is C11H14N2O4. The number of hydrogen-bond donors (Lipinski definition) is 2. The second kappa shape index (κ2) is 4.92. The highest BCUT2D eigenvalue weighted by Gasteiger charge is 2.34. The summed E-state index contributed by atoms with van der Waals surface area (Å²) in [6.45, 7) is 1.79. The fourth-order valence-electron chi connectivity index (χ4n) is 1.61. The van der Waals surface area contributed by atoms with Gasteiger partial charge in [-0.1, -0.05) is 12.1 Å². The second-order valence-electron chi connectivity index (χ2n) is 3.98. The number of non-ortho nitro benzene ring substituents is 1. The lowest BCUT2D eigenvalue weighted by molar-refractivity contribution is -0.384. The van der Waals surface area contributed by atoms with E-state index in [9.17, 15) is 20.0 Å². The van der Waals surface area contributed by atoms with E-state index in [4.69, 9.17) is 5.73 Å². The Labute approximate surface area is 98.2 Å². The molecule has 0 saturated heterocycles. The van der Waals surface area contributed by atoms with Gasteiger partial charge in [-0.3, -0.25) is 14.9 Å². The number of carbonyl (C=O) groups is 1. The van der Waals surface area contributed by atoms with E-state index in [0.29, 0.717) is 5.56 Å². The van der Waals surface area contributed by atoms with E-state index in [1.54, 1.807) is 6.92 Å². The molecule has 6 heteroatoms. The molecule has 1 rings (SSSR count). The maximum absolute atomic E-state index is 11.2. The molecule has 17 heavy (non-hydrogen) atoms. The predicted molar refractivity (Wildman–Crippen MR) is 61.8 cm³/mol. The van der Waals surface area contributed by atoms with Crippen molar-refractivity contribution in [3.05, 3.63) is 39.9 Å². The van der Waals surface area contributed by atoms with Gasteiger partial charge in [-0.15, -0.1) is 0 Å². The molecule has 1 aromatic carbocycles. The summed E-state index contributed by atoms with van der Waals surface area (Å²) in [6.07, 6.45) is 0.278. The molecule has 0 aromatic heterocycles. The van der Waals surface area contributed by atoms with Crippen LogP contribution in [0.15, 0.2) is 24.3 Å². The lowest BCUT2D eigenvalue weighted by atomic mass is 9.79. The largest absolute Gasteiger partial charge is 0.481 e. The van der Waals surface area contributed by atoms with Crippen molar-refractivity contribution in [3.63, 3.8) is 0 Å². The van der Waals surface area contributed by atoms with Crippen LogP contribution in [-0.4, -0.2) is 22.5 Å². The molecule has 1 aromatic rings. The Bertz CT molecular complexity index is 430. The van der Waals surface area contributed by atoms with Crippen molar-refractivity contribution in [1.82, 2.24) is 0 Å². The van der Waals surface area contributed by atoms with E-state index in [0.717, 1.165) is 0 Å². The number of hydrogen-bond acceptors (Lipinski definition) is 4. The summed E-state index contributed by atoms with van der Waals surface area (Å²) < 4.78 is 0. The summed E-state index contributed by atoms with van der Waals surface area (Å²) >= 11 is 0. The van der Waals surface area contributed by atoms with Gasteiger partial charge in [0.2, 0.25) is 0 Å². The maximum Gasteiger partial charge on any atom is 0.313 e. The molecule has 0 bridgehead atoms. The van der Waals surface area contributed by atoms with Crippen molar-refractivity contribution in [2.45, 2.75) is 18.8 Å². The molecular weight excluding hydrogens is 224 g/mol. The molecule has 1 unspecified atom stereocenters. The molecule has 0 radical (unpaired) electrons. The van der Waals surface area contributed by atoms with Gasteiger partial charge in [-0.2, -0.15) is 0 Å². The summed E-state index contributed by atoms with van der Waals surface area (Å²) in [7, 11) is 0. The van der Waals surface area contributed by atoms with Gasteiger partial charge in [-0.05, 0) is 25.5 Å². The van der Waals surface area contributed by atoms with E-state index in [1.165, 1.54) is 24.3 Å². The third kappa shape index (κ3) is 2.59. The lowest BCUT2D eigenvalue weighted by Crippen LogP contribution is -2.34. The summed E-state index contributed by atoms with van der Waals surface area (Å²) in [5, 5.41) is 19.7. The van der Waals surface area contributed by atoms with Gasteiger partial charge < -0.3 is 10.8 Å². The van der Waals surface area contributed by atoms with Crippen LogP contribution >= 0.6 is 0 Å². The zero-order chi connectivity index (χ0) is 13.1. The van der Waals surface area contributed by atoms with Gasteiger partial charge in [0.05, 0.1) is 10.3 Å². The van der Waals surface area contributed by atoms with Crippen molar-refractivity contribution < 1.29 is 14.8 Å². The molecule has 0 spiro atoms. The topological polar surface area (TPSA) is 106 Å². The average Bonchev–Trinajstić information content (AvgIpc) is 2.29. The molecule has 3 N–H and O–H groups in total. The van der Waals surface area contributed by atoms with Crippen LogP contribution in [0.1, 0.15) is 18.9 Å². The molecule has 1 atom stereocenters. The van der Waals surface area contributed by atoms with Crippen LogP contribution < -0.4 is 5.73 Å². The van der Waals surface area contributed by atoms with Crippen molar-refractivity contribution >= 4 is 11.7 Å². The Morgan fingerprint density at radius 3 is 2.35 bits per heavy atom.